The van der Waals surface area contributed by atoms with E-state index in [1.165, 1.54) is 20.8 Å². The van der Waals surface area contributed by atoms with E-state index in [4.69, 9.17) is 24.3 Å². The Labute approximate surface area is 304 Å². The molecule has 3 unspecified atom stereocenters. The van der Waals surface area contributed by atoms with Crippen LogP contribution in [0.3, 0.4) is 0 Å². The van der Waals surface area contributed by atoms with Gasteiger partial charge < -0.3 is 55.7 Å². The molecule has 2 aromatic rings. The summed E-state index contributed by atoms with van der Waals surface area (Å²) in [5.41, 5.74) is 4.26. The van der Waals surface area contributed by atoms with Crippen LogP contribution >= 0.6 is 35.2 Å². The lowest BCUT2D eigenvalue weighted by Crippen LogP contribution is -2.46. The van der Waals surface area contributed by atoms with E-state index in [1.807, 2.05) is 6.79 Å². The maximum absolute atomic E-state index is 12.6. The third-order valence-corrected chi connectivity index (χ3v) is 10.7. The number of carbonyl (C=O) groups excluding carboxylic acids is 4. The van der Waals surface area contributed by atoms with E-state index >= 15 is 0 Å². The SMILES string of the molecule is C=O.CC(=O)SCCNC(=O)CCNC(=O)C(O)C(C)(C)COP(=O)(O)OP(=O)(O)OC[C@H]1O[C@@H](n2cnc3c(N)ncnc32)[C@H](O)[C@@H]1OP(=O)(O)O. The van der Waals surface area contributed by atoms with Crippen molar-refractivity contribution in [3.05, 3.63) is 12.7 Å². The number of hydrogen-bond acceptors (Lipinski definition) is 19. The third-order valence-electron chi connectivity index (χ3n) is 6.81. The van der Waals surface area contributed by atoms with E-state index in [1.54, 1.807) is 0 Å². The van der Waals surface area contributed by atoms with Crippen molar-refractivity contribution in [2.45, 2.75) is 57.8 Å². The van der Waals surface area contributed by atoms with Crippen LogP contribution in [-0.2, 0) is 55.5 Å². The number of ether oxygens (including phenoxy) is 1. The fraction of sp³-hybridized carbons (Fsp3) is 0.625. The van der Waals surface area contributed by atoms with Crippen LogP contribution in [0.1, 0.15) is 33.4 Å². The summed E-state index contributed by atoms with van der Waals surface area (Å²) in [6.07, 6.45) is -6.88. The largest absolute Gasteiger partial charge is 0.481 e. The van der Waals surface area contributed by atoms with Crippen LogP contribution in [0.2, 0.25) is 0 Å². The molecular weight excluding hydrogens is 799 g/mol. The summed E-state index contributed by atoms with van der Waals surface area (Å²) in [4.78, 5) is 93.9. The van der Waals surface area contributed by atoms with Gasteiger partial charge in [-0.15, -0.1) is 0 Å². The number of amides is 2. The van der Waals surface area contributed by atoms with Gasteiger partial charge in [-0.1, -0.05) is 25.6 Å². The summed E-state index contributed by atoms with van der Waals surface area (Å²) in [6, 6.07) is 0. The van der Waals surface area contributed by atoms with Crippen molar-refractivity contribution in [2.75, 3.05) is 37.8 Å². The molecule has 53 heavy (non-hydrogen) atoms. The van der Waals surface area contributed by atoms with E-state index in [-0.39, 0.29) is 41.6 Å². The predicted molar refractivity (Wildman–Crippen MR) is 180 cm³/mol. The van der Waals surface area contributed by atoms with Crippen LogP contribution in [0.15, 0.2) is 12.7 Å². The number of phosphoric acid groups is 3. The maximum atomic E-state index is 12.6. The Morgan fingerprint density at radius 3 is 2.34 bits per heavy atom. The fourth-order valence-electron chi connectivity index (χ4n) is 4.32. The van der Waals surface area contributed by atoms with E-state index in [2.05, 4.69) is 34.4 Å². The van der Waals surface area contributed by atoms with Gasteiger partial charge in [0.1, 0.15) is 43.0 Å². The molecule has 300 valence electrons. The van der Waals surface area contributed by atoms with Crippen molar-refractivity contribution in [1.29, 1.82) is 0 Å². The number of imidazole rings is 1. The number of thioether (sulfide) groups is 1. The molecule has 1 saturated heterocycles. The van der Waals surface area contributed by atoms with E-state index in [0.717, 1.165) is 29.0 Å². The number of nitrogens with zero attached hydrogens (tertiary/aromatic N) is 4. The first-order valence-corrected chi connectivity index (χ1v) is 20.3. The van der Waals surface area contributed by atoms with Gasteiger partial charge in [-0.25, -0.2) is 28.6 Å². The quantitative estimate of drug-likeness (QED) is 0.0574. The monoisotopic (exact) mass is 839 g/mol. The molecule has 1 aliphatic heterocycles. The van der Waals surface area contributed by atoms with Gasteiger partial charge in [0.15, 0.2) is 22.8 Å². The summed E-state index contributed by atoms with van der Waals surface area (Å²) >= 11 is 1.03. The smallest absolute Gasteiger partial charge is 0.386 e. The van der Waals surface area contributed by atoms with E-state index in [9.17, 15) is 57.9 Å². The molecule has 7 atom stereocenters. The Kier molecular flexibility index (Phi) is 17.2. The number of nitrogens with two attached hydrogens (primary N) is 1. The Morgan fingerprint density at radius 1 is 1.08 bits per heavy atom. The van der Waals surface area contributed by atoms with Crippen molar-refractivity contribution < 1.29 is 85.3 Å². The third kappa shape index (κ3) is 14.4. The molecular formula is C24H40N7O18P3S. The molecule has 25 nitrogen and oxygen atoms in total. The summed E-state index contributed by atoms with van der Waals surface area (Å²) < 4.78 is 61.8. The number of nitrogen functional groups attached to an aromatic ring is 1. The van der Waals surface area contributed by atoms with Crippen LogP contribution in [0, 0.1) is 5.41 Å². The summed E-state index contributed by atoms with van der Waals surface area (Å²) in [5.74, 6) is -1.08. The lowest BCUT2D eigenvalue weighted by molar-refractivity contribution is -0.137. The summed E-state index contributed by atoms with van der Waals surface area (Å²) in [7, 11) is -16.4. The van der Waals surface area contributed by atoms with E-state index in [0.29, 0.717) is 5.75 Å². The molecule has 2 aromatic heterocycles. The van der Waals surface area contributed by atoms with E-state index < -0.39 is 84.6 Å². The van der Waals surface area contributed by atoms with Crippen LogP contribution < -0.4 is 16.4 Å². The number of carbonyl (C=O) groups is 4. The summed E-state index contributed by atoms with van der Waals surface area (Å²) in [6.45, 7) is 3.90. The Balaban J connectivity index is 0.00000477. The highest BCUT2D eigenvalue weighted by molar-refractivity contribution is 8.13. The van der Waals surface area contributed by atoms with Gasteiger partial charge in [0.05, 0.1) is 19.5 Å². The lowest BCUT2D eigenvalue weighted by Gasteiger charge is -2.30. The molecule has 3 heterocycles. The molecule has 1 fully saturated rings. The molecule has 0 radical (unpaired) electrons. The Bertz CT molecular complexity index is 1730. The number of fused-ring (bicyclic) bond motifs is 1. The van der Waals surface area contributed by atoms with Gasteiger partial charge in [0, 0.05) is 37.6 Å². The molecule has 0 spiro atoms. The number of aromatic nitrogens is 4. The van der Waals surface area contributed by atoms with Crippen molar-refractivity contribution in [1.82, 2.24) is 30.2 Å². The molecule has 2 amide bonds. The normalized spacial score (nSPS) is 21.8. The second kappa shape index (κ2) is 19.7. The lowest BCUT2D eigenvalue weighted by atomic mass is 9.87. The van der Waals surface area contributed by atoms with Crippen molar-refractivity contribution in [2.24, 2.45) is 5.41 Å². The first-order valence-electron chi connectivity index (χ1n) is 14.8. The number of rotatable bonds is 19. The van der Waals surface area contributed by atoms with Crippen LogP contribution in [0.4, 0.5) is 5.82 Å². The van der Waals surface area contributed by atoms with Gasteiger partial charge in [-0.3, -0.25) is 32.5 Å². The number of aliphatic hydroxyl groups excluding tert-OH is 2. The van der Waals surface area contributed by atoms with Gasteiger partial charge in [-0.2, -0.15) is 4.31 Å². The molecule has 1 aliphatic rings. The number of nitrogens with one attached hydrogen (secondary N) is 2. The highest BCUT2D eigenvalue weighted by atomic mass is 32.2. The molecule has 0 aromatic carbocycles. The van der Waals surface area contributed by atoms with Gasteiger partial charge >= 0.3 is 23.5 Å². The number of phosphoric ester groups is 3. The van der Waals surface area contributed by atoms with Gasteiger partial charge in [0.2, 0.25) is 11.8 Å². The Hall–Kier alpha value is -2.77. The number of anilines is 1. The minimum Gasteiger partial charge on any atom is -0.386 e. The fourth-order valence-corrected chi connectivity index (χ4v) is 7.65. The van der Waals surface area contributed by atoms with Gasteiger partial charge in [0.25, 0.3) is 0 Å². The minimum absolute atomic E-state index is 0.0310. The topological polar surface area (TPSA) is 381 Å². The zero-order valence-electron chi connectivity index (χ0n) is 28.2. The second-order valence-electron chi connectivity index (χ2n) is 11.4. The molecule has 0 saturated carbocycles. The molecule has 0 bridgehead atoms. The number of hydrogen-bond donors (Lipinski definition) is 9. The van der Waals surface area contributed by atoms with Gasteiger partial charge in [-0.05, 0) is 0 Å². The zero-order chi connectivity index (χ0) is 40.4. The minimum atomic E-state index is -5.56. The Morgan fingerprint density at radius 2 is 1.72 bits per heavy atom. The first kappa shape index (κ1) is 46.4. The second-order valence-corrected chi connectivity index (χ2v) is 16.9. The highest BCUT2D eigenvalue weighted by Crippen LogP contribution is 2.61. The van der Waals surface area contributed by atoms with Crippen LogP contribution in [-0.4, -0.2) is 129 Å². The maximum Gasteiger partial charge on any atom is 0.481 e. The van der Waals surface area contributed by atoms with Crippen LogP contribution in [0.5, 0.6) is 0 Å². The molecule has 10 N–H and O–H groups in total. The standard InChI is InChI=1S/C23H38N7O17P3S.CH2O/c1-12(31)51-7-6-25-14(32)4-5-26-21(35)18(34)23(2,3)9-44-50(41,42)47-49(39,40)43-8-13-17(46-48(36,37)38)16(33)22(45-13)30-11-29-15-19(24)27-10-28-20(15)30;1-2/h10-11,13,16-18,22,33-34H,4-9H2,1-3H3,(H,25,32)(H,26,35)(H,39,40)(H,41,42)(H2,24,27,28)(H2,36,37,38);1H2/t13-,16-,17-,18?,22-;/m1./s1. The molecule has 29 heteroatoms. The van der Waals surface area contributed by atoms with Crippen molar-refractivity contribution in [3.8, 4) is 0 Å². The average molecular weight is 840 g/mol. The highest BCUT2D eigenvalue weighted by Gasteiger charge is 2.50. The molecule has 0 aliphatic carbocycles. The van der Waals surface area contributed by atoms with Crippen molar-refractivity contribution >= 4 is 75.9 Å². The van der Waals surface area contributed by atoms with Crippen LogP contribution in [0.25, 0.3) is 11.2 Å². The van der Waals surface area contributed by atoms with Crippen molar-refractivity contribution in [3.63, 3.8) is 0 Å². The summed E-state index contributed by atoms with van der Waals surface area (Å²) in [5, 5.41) is 26.1. The predicted octanol–water partition coefficient (Wildman–Crippen LogP) is -1.50. The molecule has 3 rings (SSSR count). The number of aliphatic hydroxyl groups is 2. The zero-order valence-corrected chi connectivity index (χ0v) is 31.7. The first-order chi connectivity index (χ1) is 24.5. The average Bonchev–Trinajstić information content (AvgIpc) is 3.62.